The Labute approximate surface area is 172 Å². The number of nitrogens with one attached hydrogen (secondary N) is 1. The van der Waals surface area contributed by atoms with E-state index in [1.807, 2.05) is 18.3 Å². The van der Waals surface area contributed by atoms with Crippen LogP contribution >= 0.6 is 0 Å². The molecule has 3 heteroatoms. The molecule has 1 aromatic heterocycles. The first kappa shape index (κ1) is 18.9. The molecule has 1 unspecified atom stereocenters. The Morgan fingerprint density at radius 1 is 0.724 bits per heavy atom. The van der Waals surface area contributed by atoms with Gasteiger partial charge in [0, 0.05) is 17.8 Å². The fraction of sp³-hybridized carbons (Fsp3) is 0.154. The molecule has 0 radical (unpaired) electrons. The van der Waals surface area contributed by atoms with E-state index in [-0.39, 0.29) is 0 Å². The highest BCUT2D eigenvalue weighted by atomic mass is 15.1. The normalized spacial score (nSPS) is 11.8. The highest BCUT2D eigenvalue weighted by molar-refractivity contribution is 5.69. The lowest BCUT2D eigenvalue weighted by Gasteiger charge is -2.14. The third-order valence-corrected chi connectivity index (χ3v) is 5.03. The van der Waals surface area contributed by atoms with Crippen LogP contribution in [0.3, 0.4) is 0 Å². The number of aryl methyl sites for hydroxylation is 1. The Kier molecular flexibility index (Phi) is 5.96. The van der Waals surface area contributed by atoms with Gasteiger partial charge in [-0.15, -0.1) is 0 Å². The second-order valence-electron chi connectivity index (χ2n) is 7.28. The lowest BCUT2D eigenvalue weighted by Crippen LogP contribution is -2.18. The summed E-state index contributed by atoms with van der Waals surface area (Å²) in [6, 6.07) is 31.7. The van der Waals surface area contributed by atoms with E-state index in [2.05, 4.69) is 96.1 Å². The largest absolute Gasteiger partial charge is 0.352 e. The van der Waals surface area contributed by atoms with Crippen LogP contribution in [0.2, 0.25) is 0 Å². The summed E-state index contributed by atoms with van der Waals surface area (Å²) in [6.45, 7) is 2.17. The number of hydrogen-bond donors (Lipinski definition) is 1. The Morgan fingerprint density at radius 2 is 1.34 bits per heavy atom. The molecule has 0 bridgehead atoms. The summed E-state index contributed by atoms with van der Waals surface area (Å²) in [6.07, 6.45) is 3.89. The maximum Gasteiger partial charge on any atom is 0.223 e. The molecule has 0 amide bonds. The number of anilines is 1. The van der Waals surface area contributed by atoms with Gasteiger partial charge in [-0.1, -0.05) is 84.9 Å². The third kappa shape index (κ3) is 5.08. The van der Waals surface area contributed by atoms with E-state index in [9.17, 15) is 0 Å². The van der Waals surface area contributed by atoms with Gasteiger partial charge >= 0.3 is 0 Å². The van der Waals surface area contributed by atoms with E-state index in [1.165, 1.54) is 16.7 Å². The highest BCUT2D eigenvalue weighted by Crippen LogP contribution is 2.24. The predicted molar refractivity (Wildman–Crippen MR) is 121 cm³/mol. The molecule has 3 nitrogen and oxygen atoms in total. The molecule has 1 heterocycles. The minimum Gasteiger partial charge on any atom is -0.352 e. The molecule has 4 aromatic rings. The van der Waals surface area contributed by atoms with E-state index in [0.29, 0.717) is 12.0 Å². The number of hydrogen-bond acceptors (Lipinski definition) is 3. The Bertz CT molecular complexity index is 1030. The van der Waals surface area contributed by atoms with Crippen molar-refractivity contribution in [2.24, 2.45) is 0 Å². The molecule has 1 N–H and O–H groups in total. The van der Waals surface area contributed by atoms with Crippen molar-refractivity contribution in [2.75, 3.05) is 5.32 Å². The van der Waals surface area contributed by atoms with Crippen LogP contribution in [-0.2, 0) is 6.42 Å². The van der Waals surface area contributed by atoms with Crippen molar-refractivity contribution >= 4 is 5.95 Å². The summed E-state index contributed by atoms with van der Waals surface area (Å²) in [5.41, 5.74) is 5.80. The SMILES string of the molecule is CC(CCc1ccccc1)Nc1nccc(-c2ccc(-c3ccccc3)cc2)n1. The van der Waals surface area contributed by atoms with Crippen LogP contribution in [0.15, 0.2) is 97.2 Å². The average molecular weight is 380 g/mol. The highest BCUT2D eigenvalue weighted by Gasteiger charge is 2.07. The Hall–Kier alpha value is -3.46. The average Bonchev–Trinajstić information content (AvgIpc) is 2.79. The lowest BCUT2D eigenvalue weighted by molar-refractivity contribution is 0.699. The maximum atomic E-state index is 4.72. The number of benzene rings is 3. The molecule has 0 spiro atoms. The van der Waals surface area contributed by atoms with Gasteiger partial charge in [-0.2, -0.15) is 0 Å². The number of nitrogens with zero attached hydrogens (tertiary/aromatic N) is 2. The van der Waals surface area contributed by atoms with E-state index in [1.54, 1.807) is 0 Å². The van der Waals surface area contributed by atoms with E-state index in [0.717, 1.165) is 24.1 Å². The van der Waals surface area contributed by atoms with Gasteiger partial charge in [0.15, 0.2) is 0 Å². The molecule has 144 valence electrons. The summed E-state index contributed by atoms with van der Waals surface area (Å²) in [7, 11) is 0. The van der Waals surface area contributed by atoms with Crippen LogP contribution in [0.5, 0.6) is 0 Å². The fourth-order valence-corrected chi connectivity index (χ4v) is 3.37. The van der Waals surface area contributed by atoms with E-state index >= 15 is 0 Å². The smallest absolute Gasteiger partial charge is 0.223 e. The van der Waals surface area contributed by atoms with Crippen molar-refractivity contribution in [1.82, 2.24) is 9.97 Å². The molecule has 4 rings (SSSR count). The van der Waals surface area contributed by atoms with Gasteiger partial charge in [-0.25, -0.2) is 9.97 Å². The zero-order valence-corrected chi connectivity index (χ0v) is 16.6. The fourth-order valence-electron chi connectivity index (χ4n) is 3.37. The molecule has 1 atom stereocenters. The van der Waals surface area contributed by atoms with E-state index in [4.69, 9.17) is 4.98 Å². The Morgan fingerprint density at radius 3 is 2.07 bits per heavy atom. The van der Waals surface area contributed by atoms with Crippen LogP contribution < -0.4 is 5.32 Å². The number of aromatic nitrogens is 2. The zero-order valence-electron chi connectivity index (χ0n) is 16.6. The molecule has 0 saturated carbocycles. The van der Waals surface area contributed by atoms with Crippen LogP contribution in [0.1, 0.15) is 18.9 Å². The molecule has 0 aliphatic heterocycles. The number of rotatable bonds is 7. The van der Waals surface area contributed by atoms with Gasteiger partial charge in [0.25, 0.3) is 0 Å². The molecular weight excluding hydrogens is 354 g/mol. The molecule has 0 aliphatic carbocycles. The van der Waals surface area contributed by atoms with Crippen LogP contribution in [0, 0.1) is 0 Å². The third-order valence-electron chi connectivity index (χ3n) is 5.03. The molecule has 29 heavy (non-hydrogen) atoms. The van der Waals surface area contributed by atoms with Crippen molar-refractivity contribution in [3.05, 3.63) is 103 Å². The van der Waals surface area contributed by atoms with Crippen molar-refractivity contribution < 1.29 is 0 Å². The van der Waals surface area contributed by atoms with Crippen molar-refractivity contribution in [3.8, 4) is 22.4 Å². The van der Waals surface area contributed by atoms with Gasteiger partial charge < -0.3 is 5.32 Å². The monoisotopic (exact) mass is 379 g/mol. The lowest BCUT2D eigenvalue weighted by atomic mass is 10.0. The molecule has 0 aliphatic rings. The van der Waals surface area contributed by atoms with Crippen molar-refractivity contribution in [3.63, 3.8) is 0 Å². The first-order chi connectivity index (χ1) is 14.3. The quantitative estimate of drug-likeness (QED) is 0.413. The molecular formula is C26H25N3. The molecule has 0 saturated heterocycles. The molecule has 3 aromatic carbocycles. The van der Waals surface area contributed by atoms with Gasteiger partial charge in [0.1, 0.15) is 0 Å². The summed E-state index contributed by atoms with van der Waals surface area (Å²) >= 11 is 0. The van der Waals surface area contributed by atoms with Gasteiger partial charge in [0.2, 0.25) is 5.95 Å². The zero-order chi connectivity index (χ0) is 19.9. The second kappa shape index (κ2) is 9.16. The summed E-state index contributed by atoms with van der Waals surface area (Å²) < 4.78 is 0. The minimum absolute atomic E-state index is 0.297. The van der Waals surface area contributed by atoms with Crippen molar-refractivity contribution in [2.45, 2.75) is 25.8 Å². The maximum absolute atomic E-state index is 4.72. The van der Waals surface area contributed by atoms with Crippen LogP contribution in [0.4, 0.5) is 5.95 Å². The first-order valence-corrected chi connectivity index (χ1v) is 10.1. The second-order valence-corrected chi connectivity index (χ2v) is 7.28. The summed E-state index contributed by atoms with van der Waals surface area (Å²) in [5, 5.41) is 3.44. The molecule has 0 fully saturated rings. The van der Waals surface area contributed by atoms with Crippen LogP contribution in [-0.4, -0.2) is 16.0 Å². The summed E-state index contributed by atoms with van der Waals surface area (Å²) in [4.78, 5) is 9.12. The van der Waals surface area contributed by atoms with Gasteiger partial charge in [-0.05, 0) is 42.5 Å². The van der Waals surface area contributed by atoms with Crippen LogP contribution in [0.25, 0.3) is 22.4 Å². The summed E-state index contributed by atoms with van der Waals surface area (Å²) in [5.74, 6) is 0.676. The van der Waals surface area contributed by atoms with E-state index < -0.39 is 0 Å². The van der Waals surface area contributed by atoms with Crippen molar-refractivity contribution in [1.29, 1.82) is 0 Å². The predicted octanol–water partition coefficient (Wildman–Crippen LogP) is 6.24. The topological polar surface area (TPSA) is 37.8 Å². The van der Waals surface area contributed by atoms with Gasteiger partial charge in [0.05, 0.1) is 5.69 Å². The first-order valence-electron chi connectivity index (χ1n) is 10.1. The Balaban J connectivity index is 1.41. The minimum atomic E-state index is 0.297. The van der Waals surface area contributed by atoms with Gasteiger partial charge in [-0.3, -0.25) is 0 Å². The standard InChI is InChI=1S/C26H25N3/c1-20(12-13-21-8-4-2-5-9-21)28-26-27-19-18-25(29-26)24-16-14-23(15-17-24)22-10-6-3-7-11-22/h2-11,14-20H,12-13H2,1H3,(H,27,28,29).